The largest absolute Gasteiger partial charge is 0.381 e. The lowest BCUT2D eigenvalue weighted by molar-refractivity contribution is -0.130. The van der Waals surface area contributed by atoms with E-state index in [9.17, 15) is 14.0 Å². The van der Waals surface area contributed by atoms with Gasteiger partial charge in [-0.05, 0) is 77.3 Å². The van der Waals surface area contributed by atoms with Gasteiger partial charge in [0.25, 0.3) is 0 Å². The smallest absolute Gasteiger partial charge is 0.219 e. The standard InChI is InChI=1S/C22H28FN5O2.C22H29N5O2.2C2H6/c1-14-18(23)12-21-19(24-14)4-3-8-27(21)22-17-13-26(15(2)29)9-5-20(17)28(25-22)16-6-10-30-11-7-16;1-15-5-6-21-19(23-15)4-3-10-26(21)22-18-14-25(16(2)28)11-7-20(18)27(24-22)17-8-12-29-13-9-17;2*1-2/h12,16H,3-11,13H2,1-2H3;5-6,17H,3-4,7-14H2,1-2H3;2*1-2H3. The van der Waals surface area contributed by atoms with Gasteiger partial charge in [-0.15, -0.1) is 0 Å². The summed E-state index contributed by atoms with van der Waals surface area (Å²) in [5.41, 5.74) is 10.4. The molecule has 0 saturated carbocycles. The molecule has 6 aliphatic rings. The molecule has 2 saturated heterocycles. The summed E-state index contributed by atoms with van der Waals surface area (Å²) in [6.07, 6.45) is 9.41. The summed E-state index contributed by atoms with van der Waals surface area (Å²) in [5, 5.41) is 10.3. The van der Waals surface area contributed by atoms with Gasteiger partial charge >= 0.3 is 0 Å². The highest BCUT2D eigenvalue weighted by Gasteiger charge is 2.35. The SMILES string of the molecule is CC.CC.CC(=O)N1CCc2c(c(N3CCCc4nc(C)c(F)cc43)nn2C2CCOCC2)C1.CC(=O)N1CCc2c(c(N3CCCc4nc(C)ccc43)nn2C2CCOCC2)C1. The maximum Gasteiger partial charge on any atom is 0.219 e. The normalized spacial score (nSPS) is 18.6. The summed E-state index contributed by atoms with van der Waals surface area (Å²) < 4.78 is 30.0. The molecule has 0 unspecified atom stereocenters. The maximum atomic E-state index is 14.4. The quantitative estimate of drug-likeness (QED) is 0.199. The fourth-order valence-corrected chi connectivity index (χ4v) is 9.85. The Morgan fingerprint density at radius 3 is 1.57 bits per heavy atom. The maximum absolute atomic E-state index is 14.4. The molecule has 342 valence electrons. The third kappa shape index (κ3) is 9.64. The Morgan fingerprint density at radius 2 is 1.10 bits per heavy atom. The van der Waals surface area contributed by atoms with Gasteiger partial charge in [0.2, 0.25) is 11.8 Å². The number of fused-ring (bicyclic) bond motifs is 4. The first-order chi connectivity index (χ1) is 30.6. The second-order valence-corrected chi connectivity index (χ2v) is 16.9. The Hall–Kier alpha value is -4.89. The summed E-state index contributed by atoms with van der Waals surface area (Å²) in [7, 11) is 0. The van der Waals surface area contributed by atoms with Crippen LogP contribution in [0.2, 0.25) is 0 Å². The summed E-state index contributed by atoms with van der Waals surface area (Å²) in [5.74, 6) is 1.80. The third-order valence-corrected chi connectivity index (χ3v) is 13.1. The van der Waals surface area contributed by atoms with Gasteiger partial charge in [0.15, 0.2) is 11.6 Å². The number of amides is 2. The van der Waals surface area contributed by atoms with Crippen molar-refractivity contribution < 1.29 is 23.5 Å². The van der Waals surface area contributed by atoms with Gasteiger partial charge in [-0.2, -0.15) is 10.2 Å². The number of halogens is 1. The van der Waals surface area contributed by atoms with Crippen molar-refractivity contribution in [2.24, 2.45) is 0 Å². The monoisotopic (exact) mass is 869 g/mol. The first kappa shape index (κ1) is 46.1. The minimum absolute atomic E-state index is 0.0767. The van der Waals surface area contributed by atoms with Crippen LogP contribution in [-0.4, -0.2) is 104 Å². The number of anilines is 4. The number of pyridine rings is 2. The van der Waals surface area contributed by atoms with Gasteiger partial charge in [0.05, 0.1) is 53.6 Å². The number of ether oxygens (including phenoxy) is 2. The van der Waals surface area contributed by atoms with Crippen LogP contribution in [0.25, 0.3) is 0 Å². The number of carbonyl (C=O) groups excluding carboxylic acids is 2. The summed E-state index contributed by atoms with van der Waals surface area (Å²) in [6.45, 7) is 22.5. The van der Waals surface area contributed by atoms with Crippen LogP contribution >= 0.6 is 0 Å². The molecular weight excluding hydrogens is 800 g/mol. The average Bonchev–Trinajstić information content (AvgIpc) is 3.90. The second kappa shape index (κ2) is 20.7. The highest BCUT2D eigenvalue weighted by atomic mass is 19.1. The van der Waals surface area contributed by atoms with Gasteiger partial charge < -0.3 is 29.1 Å². The van der Waals surface area contributed by atoms with Crippen LogP contribution < -0.4 is 9.80 Å². The van der Waals surface area contributed by atoms with E-state index in [0.717, 1.165) is 150 Å². The van der Waals surface area contributed by atoms with Crippen LogP contribution in [0.4, 0.5) is 27.4 Å². The Balaban J connectivity index is 0.000000175. The predicted molar refractivity (Wildman–Crippen MR) is 243 cm³/mol. The lowest BCUT2D eigenvalue weighted by atomic mass is 10.0. The molecular formula is C48H69FN10O4. The van der Waals surface area contributed by atoms with Crippen LogP contribution in [0.5, 0.6) is 0 Å². The second-order valence-electron chi connectivity index (χ2n) is 16.9. The van der Waals surface area contributed by atoms with Crippen molar-refractivity contribution in [3.8, 4) is 0 Å². The van der Waals surface area contributed by atoms with E-state index >= 15 is 0 Å². The van der Waals surface area contributed by atoms with E-state index in [-0.39, 0.29) is 17.6 Å². The van der Waals surface area contributed by atoms with Crippen molar-refractivity contribution in [2.45, 2.75) is 145 Å². The molecule has 0 aromatic carbocycles. The zero-order valence-electron chi connectivity index (χ0n) is 39.0. The highest BCUT2D eigenvalue weighted by molar-refractivity contribution is 5.76. The van der Waals surface area contributed by atoms with Crippen molar-refractivity contribution in [1.29, 1.82) is 0 Å². The molecule has 15 heteroatoms. The van der Waals surface area contributed by atoms with Gasteiger partial charge in [-0.25, -0.2) is 4.39 Å². The highest BCUT2D eigenvalue weighted by Crippen LogP contribution is 2.41. The first-order valence-corrected chi connectivity index (χ1v) is 23.7. The van der Waals surface area contributed by atoms with Crippen LogP contribution in [0.3, 0.4) is 0 Å². The van der Waals surface area contributed by atoms with Gasteiger partial charge in [-0.1, -0.05) is 27.7 Å². The predicted octanol–water partition coefficient (Wildman–Crippen LogP) is 8.05. The number of hydrogen-bond donors (Lipinski definition) is 0. The van der Waals surface area contributed by atoms with Crippen LogP contribution in [-0.2, 0) is 57.8 Å². The Labute approximate surface area is 373 Å². The summed E-state index contributed by atoms with van der Waals surface area (Å²) >= 11 is 0. The molecule has 4 aromatic heterocycles. The molecule has 0 bridgehead atoms. The fraction of sp³-hybridized carbons (Fsp3) is 0.625. The topological polar surface area (TPSA) is 127 Å². The molecule has 14 nitrogen and oxygen atoms in total. The molecule has 0 atom stereocenters. The van der Waals surface area contributed by atoms with Crippen molar-refractivity contribution in [2.75, 3.05) is 62.4 Å². The zero-order chi connectivity index (χ0) is 44.8. The molecule has 2 amide bonds. The molecule has 0 spiro atoms. The van der Waals surface area contributed by atoms with Gasteiger partial charge in [-0.3, -0.25) is 28.9 Å². The van der Waals surface area contributed by atoms with Crippen LogP contribution in [0.1, 0.15) is 137 Å². The first-order valence-electron chi connectivity index (χ1n) is 23.7. The molecule has 10 rings (SSSR count). The van der Waals surface area contributed by atoms with E-state index in [1.165, 1.54) is 22.6 Å². The van der Waals surface area contributed by atoms with E-state index in [2.05, 4.69) is 36.3 Å². The minimum Gasteiger partial charge on any atom is -0.381 e. The molecule has 6 aliphatic heterocycles. The number of nitrogens with zero attached hydrogens (tertiary/aromatic N) is 10. The fourth-order valence-electron chi connectivity index (χ4n) is 9.85. The van der Waals surface area contributed by atoms with Crippen LogP contribution in [0, 0.1) is 19.7 Å². The Bertz CT molecular complexity index is 2230. The van der Waals surface area contributed by atoms with Gasteiger partial charge in [0.1, 0.15) is 5.82 Å². The molecule has 0 N–H and O–H groups in total. The van der Waals surface area contributed by atoms with E-state index < -0.39 is 0 Å². The summed E-state index contributed by atoms with van der Waals surface area (Å²) in [4.78, 5) is 41.8. The minimum atomic E-state index is -0.288. The van der Waals surface area contributed by atoms with Crippen molar-refractivity contribution in [3.63, 3.8) is 0 Å². The molecule has 4 aromatic rings. The van der Waals surface area contributed by atoms with Crippen LogP contribution in [0.15, 0.2) is 18.2 Å². The molecule has 0 radical (unpaired) electrons. The van der Waals surface area contributed by atoms with E-state index in [0.29, 0.717) is 37.4 Å². The summed E-state index contributed by atoms with van der Waals surface area (Å²) in [6, 6.07) is 6.56. The molecule has 0 aliphatic carbocycles. The Morgan fingerprint density at radius 1 is 0.635 bits per heavy atom. The number of aromatic nitrogens is 6. The van der Waals surface area contributed by atoms with Crippen molar-refractivity contribution in [1.82, 2.24) is 39.3 Å². The molecule has 2 fully saturated rings. The molecule has 10 heterocycles. The van der Waals surface area contributed by atoms with E-state index in [1.807, 2.05) is 44.4 Å². The van der Waals surface area contributed by atoms with E-state index in [4.69, 9.17) is 24.7 Å². The van der Waals surface area contributed by atoms with Gasteiger partial charge in [0, 0.05) is 114 Å². The number of rotatable bonds is 4. The molecule has 63 heavy (non-hydrogen) atoms. The van der Waals surface area contributed by atoms with E-state index in [1.54, 1.807) is 26.8 Å². The third-order valence-electron chi connectivity index (χ3n) is 13.1. The number of carbonyl (C=O) groups is 2. The lowest BCUT2D eigenvalue weighted by Crippen LogP contribution is -2.36. The van der Waals surface area contributed by atoms with Crippen molar-refractivity contribution >= 4 is 34.8 Å². The lowest BCUT2D eigenvalue weighted by Gasteiger charge is -2.32. The Kier molecular flexibility index (Phi) is 15.2. The number of aryl methyl sites for hydroxylation is 4. The average molecular weight is 869 g/mol. The van der Waals surface area contributed by atoms with Crippen molar-refractivity contribution in [3.05, 3.63) is 69.3 Å². The number of hydrogen-bond acceptors (Lipinski definition) is 10. The zero-order valence-corrected chi connectivity index (χ0v) is 39.0.